The lowest BCUT2D eigenvalue weighted by Crippen LogP contribution is -2.45. The number of aliphatic hydroxyl groups excluding tert-OH is 1. The Morgan fingerprint density at radius 2 is 0.716 bits per heavy atom. The van der Waals surface area contributed by atoms with Gasteiger partial charge in [0.25, 0.3) is 0 Å². The van der Waals surface area contributed by atoms with Gasteiger partial charge in [0.05, 0.1) is 39.9 Å². The van der Waals surface area contributed by atoms with Gasteiger partial charge in [0.2, 0.25) is 5.91 Å². The Kier molecular flexibility index (Phi) is 61.3. The van der Waals surface area contributed by atoms with Crippen LogP contribution in [0.1, 0.15) is 341 Å². The molecule has 0 aliphatic rings. The maximum atomic E-state index is 13.0. The molecule has 0 aliphatic carbocycles. The van der Waals surface area contributed by atoms with Gasteiger partial charge in [-0.05, 0) is 70.6 Å². The minimum absolute atomic E-state index is 0.0569. The average molecular weight is 1160 g/mol. The van der Waals surface area contributed by atoms with Crippen molar-refractivity contribution in [2.45, 2.75) is 353 Å². The first-order valence-corrected chi connectivity index (χ1v) is 36.7. The third kappa shape index (κ3) is 65.6. The molecular weight excluding hydrogens is 1020 g/mol. The molecule has 0 heterocycles. The van der Waals surface area contributed by atoms with Gasteiger partial charge in [-0.25, -0.2) is 4.57 Å². The number of carbonyl (C=O) groups excluding carboxylic acids is 1. The van der Waals surface area contributed by atoms with Crippen LogP contribution in [0.2, 0.25) is 0 Å². The summed E-state index contributed by atoms with van der Waals surface area (Å²) in [5, 5.41) is 14.0. The van der Waals surface area contributed by atoms with Crippen molar-refractivity contribution in [2.24, 2.45) is 0 Å². The summed E-state index contributed by atoms with van der Waals surface area (Å²) in [5.74, 6) is -0.181. The molecule has 3 N–H and O–H groups in total. The van der Waals surface area contributed by atoms with Crippen molar-refractivity contribution in [1.29, 1.82) is 0 Å². The molecule has 0 radical (unpaired) electrons. The molecule has 8 nitrogen and oxygen atoms in total. The van der Waals surface area contributed by atoms with Gasteiger partial charge in [0, 0.05) is 6.42 Å². The van der Waals surface area contributed by atoms with Gasteiger partial charge in [-0.1, -0.05) is 325 Å². The number of carbonyl (C=O) groups is 1. The van der Waals surface area contributed by atoms with E-state index in [1.807, 2.05) is 27.2 Å². The molecule has 0 saturated heterocycles. The summed E-state index contributed by atoms with van der Waals surface area (Å²) in [7, 11) is 1.57. The summed E-state index contributed by atoms with van der Waals surface area (Å²) in [6, 6.07) is -0.864. The van der Waals surface area contributed by atoms with Gasteiger partial charge in [-0.3, -0.25) is 13.8 Å². The Hall–Kier alpha value is -1.80. The quantitative estimate of drug-likeness (QED) is 0.0243. The van der Waals surface area contributed by atoms with E-state index in [0.29, 0.717) is 17.4 Å². The van der Waals surface area contributed by atoms with E-state index in [9.17, 15) is 19.4 Å². The standard InChI is InChI=1S/C72H137N2O6P/c1-6-8-10-12-14-16-18-20-22-24-26-28-29-30-31-32-33-34-35-36-37-38-39-40-41-42-43-44-45-46-48-50-52-54-56-58-60-62-64-66-72(76)73-70(69-80-81(77,78)79-68-67-74(3,4)5)71(75)65-63-61-59-57-55-53-51-49-47-27-25-23-21-19-17-15-13-11-9-7-2/h18,20,24,26,29-30,55,57,63,65,70-71,75H,6-17,19,21-23,25,27-28,31-54,56,58-62,64,66-69H2,1-5H3,(H-,73,76,77,78)/p+1/b20-18-,26-24-,30-29-,57-55+,65-63+. The van der Waals surface area contributed by atoms with Gasteiger partial charge in [-0.15, -0.1) is 0 Å². The molecule has 3 atom stereocenters. The van der Waals surface area contributed by atoms with Crippen molar-refractivity contribution in [3.63, 3.8) is 0 Å². The second-order valence-corrected chi connectivity index (χ2v) is 26.7. The zero-order valence-electron chi connectivity index (χ0n) is 54.5. The number of amides is 1. The van der Waals surface area contributed by atoms with Crippen LogP contribution in [0.5, 0.6) is 0 Å². The molecule has 0 aromatic heterocycles. The summed E-state index contributed by atoms with van der Waals surface area (Å²) in [4.78, 5) is 23.4. The number of quaternary nitrogens is 1. The lowest BCUT2D eigenvalue weighted by molar-refractivity contribution is -0.870. The molecule has 0 fully saturated rings. The van der Waals surface area contributed by atoms with Crippen LogP contribution in [0.25, 0.3) is 0 Å². The number of hydrogen-bond acceptors (Lipinski definition) is 5. The fourth-order valence-corrected chi connectivity index (χ4v) is 11.2. The number of phosphoric ester groups is 1. The molecule has 476 valence electrons. The number of nitrogens with zero attached hydrogens (tertiary/aromatic N) is 1. The number of nitrogens with one attached hydrogen (secondary N) is 1. The maximum Gasteiger partial charge on any atom is 0.472 e. The molecule has 0 aliphatic heterocycles. The first-order valence-electron chi connectivity index (χ1n) is 35.2. The highest BCUT2D eigenvalue weighted by atomic mass is 31.2. The first-order chi connectivity index (χ1) is 39.5. The number of phosphoric acid groups is 1. The van der Waals surface area contributed by atoms with Crippen molar-refractivity contribution < 1.29 is 32.9 Å². The van der Waals surface area contributed by atoms with Gasteiger partial charge in [0.15, 0.2) is 0 Å². The third-order valence-electron chi connectivity index (χ3n) is 16.0. The topological polar surface area (TPSA) is 105 Å². The van der Waals surface area contributed by atoms with E-state index in [1.54, 1.807) is 6.08 Å². The minimum Gasteiger partial charge on any atom is -0.387 e. The van der Waals surface area contributed by atoms with E-state index in [0.717, 1.165) is 51.4 Å². The Labute approximate surface area is 504 Å². The van der Waals surface area contributed by atoms with Crippen molar-refractivity contribution in [3.8, 4) is 0 Å². The number of unbranched alkanes of at least 4 members (excludes halogenated alkanes) is 44. The zero-order valence-corrected chi connectivity index (χ0v) is 55.4. The Morgan fingerprint density at radius 3 is 1.07 bits per heavy atom. The van der Waals surface area contributed by atoms with Crippen LogP contribution in [0.4, 0.5) is 0 Å². The van der Waals surface area contributed by atoms with E-state index in [-0.39, 0.29) is 19.1 Å². The fourth-order valence-electron chi connectivity index (χ4n) is 10.5. The van der Waals surface area contributed by atoms with Crippen molar-refractivity contribution in [1.82, 2.24) is 5.32 Å². The summed E-state index contributed by atoms with van der Waals surface area (Å²) >= 11 is 0. The molecule has 81 heavy (non-hydrogen) atoms. The van der Waals surface area contributed by atoms with Crippen LogP contribution in [0.3, 0.4) is 0 Å². The molecule has 0 saturated carbocycles. The molecule has 0 aromatic rings. The predicted octanol–water partition coefficient (Wildman–Crippen LogP) is 22.4. The SMILES string of the molecule is CCCCCCC/C=C\C/C=C\C/C=C\CCCCCCCCCCCCCCCCCCCCCCCCCCC(=O)NC(COP(=O)(O)OCC[N+](C)(C)C)C(O)/C=C/CC/C=C/CCCCCCCCCCCCCCCC. The average Bonchev–Trinajstić information content (AvgIpc) is 3.43. The van der Waals surface area contributed by atoms with E-state index in [1.165, 1.54) is 270 Å². The summed E-state index contributed by atoms with van der Waals surface area (Å²) in [5.41, 5.74) is 0. The molecule has 0 spiro atoms. The molecule has 1 amide bonds. The third-order valence-corrected chi connectivity index (χ3v) is 16.9. The normalized spacial score (nSPS) is 14.0. The Balaban J connectivity index is 3.97. The number of likely N-dealkylation sites (N-methyl/N-ethyl adjacent to an activating group) is 1. The summed E-state index contributed by atoms with van der Waals surface area (Å²) in [6.07, 6.45) is 86.7. The van der Waals surface area contributed by atoms with Crippen LogP contribution in [0, 0.1) is 0 Å². The zero-order chi connectivity index (χ0) is 59.1. The van der Waals surface area contributed by atoms with Crippen LogP contribution < -0.4 is 5.32 Å². The maximum absolute atomic E-state index is 13.0. The Bertz CT molecular complexity index is 1500. The molecule has 0 rings (SSSR count). The highest BCUT2D eigenvalue weighted by molar-refractivity contribution is 7.47. The highest BCUT2D eigenvalue weighted by Gasteiger charge is 2.28. The number of hydrogen-bond donors (Lipinski definition) is 3. The van der Waals surface area contributed by atoms with Gasteiger partial charge >= 0.3 is 7.82 Å². The molecule has 0 aromatic carbocycles. The molecule has 3 unspecified atom stereocenters. The molecule has 0 bridgehead atoms. The first kappa shape index (κ1) is 79.2. The van der Waals surface area contributed by atoms with Gasteiger partial charge in [0.1, 0.15) is 13.2 Å². The smallest absolute Gasteiger partial charge is 0.387 e. The molecule has 9 heteroatoms. The Morgan fingerprint density at radius 1 is 0.420 bits per heavy atom. The van der Waals surface area contributed by atoms with Crippen LogP contribution in [0.15, 0.2) is 60.8 Å². The van der Waals surface area contributed by atoms with E-state index in [4.69, 9.17) is 9.05 Å². The van der Waals surface area contributed by atoms with Crippen molar-refractivity contribution in [2.75, 3.05) is 40.9 Å². The van der Waals surface area contributed by atoms with Gasteiger partial charge in [-0.2, -0.15) is 0 Å². The summed E-state index contributed by atoms with van der Waals surface area (Å²) in [6.45, 7) is 4.82. The van der Waals surface area contributed by atoms with E-state index in [2.05, 4.69) is 67.8 Å². The highest BCUT2D eigenvalue weighted by Crippen LogP contribution is 2.43. The monoisotopic (exact) mass is 1160 g/mol. The van der Waals surface area contributed by atoms with E-state index >= 15 is 0 Å². The van der Waals surface area contributed by atoms with Crippen LogP contribution >= 0.6 is 7.82 Å². The van der Waals surface area contributed by atoms with Crippen molar-refractivity contribution >= 4 is 13.7 Å². The largest absolute Gasteiger partial charge is 0.472 e. The van der Waals surface area contributed by atoms with Gasteiger partial charge < -0.3 is 19.8 Å². The van der Waals surface area contributed by atoms with Crippen molar-refractivity contribution in [3.05, 3.63) is 60.8 Å². The lowest BCUT2D eigenvalue weighted by atomic mass is 10.0. The number of rotatable bonds is 65. The predicted molar refractivity (Wildman–Crippen MR) is 355 cm³/mol. The van der Waals surface area contributed by atoms with Crippen LogP contribution in [-0.4, -0.2) is 73.4 Å². The summed E-state index contributed by atoms with van der Waals surface area (Å²) < 4.78 is 23.8. The number of allylic oxidation sites excluding steroid dienone is 9. The van der Waals surface area contributed by atoms with E-state index < -0.39 is 20.0 Å². The van der Waals surface area contributed by atoms with Crippen LogP contribution in [-0.2, 0) is 18.4 Å². The lowest BCUT2D eigenvalue weighted by Gasteiger charge is -2.25. The molecular formula is C72H138N2O6P+. The second-order valence-electron chi connectivity index (χ2n) is 25.3. The fraction of sp³-hybridized carbons (Fsp3) is 0.847. The minimum atomic E-state index is -4.36. The second kappa shape index (κ2) is 62.7. The number of aliphatic hydroxyl groups is 1.